The van der Waals surface area contributed by atoms with Crippen LogP contribution >= 0.6 is 0 Å². The van der Waals surface area contributed by atoms with E-state index in [2.05, 4.69) is 15.3 Å². The van der Waals surface area contributed by atoms with Crippen molar-refractivity contribution in [1.82, 2.24) is 15.3 Å². The SMILES string of the molecule is CCNC(=O)O.Cc1nc2ccccc2[nH]1. The van der Waals surface area contributed by atoms with E-state index in [1.54, 1.807) is 6.92 Å². The van der Waals surface area contributed by atoms with E-state index in [9.17, 15) is 4.79 Å². The molecule has 2 aromatic rings. The van der Waals surface area contributed by atoms with Crippen LogP contribution in [-0.4, -0.2) is 27.7 Å². The summed E-state index contributed by atoms with van der Waals surface area (Å²) in [6, 6.07) is 8.01. The molecule has 0 radical (unpaired) electrons. The second kappa shape index (κ2) is 5.75. The molecule has 0 spiro atoms. The van der Waals surface area contributed by atoms with E-state index in [0.717, 1.165) is 16.9 Å². The van der Waals surface area contributed by atoms with E-state index in [1.807, 2.05) is 31.2 Å². The van der Waals surface area contributed by atoms with Gasteiger partial charge in [0.15, 0.2) is 0 Å². The first-order chi connectivity index (χ1) is 7.63. The molecule has 1 aromatic carbocycles. The number of amides is 1. The van der Waals surface area contributed by atoms with Crippen LogP contribution in [0.2, 0.25) is 0 Å². The first kappa shape index (κ1) is 12.0. The highest BCUT2D eigenvalue weighted by Gasteiger charge is 1.93. The fraction of sp³-hybridized carbons (Fsp3) is 0.273. The first-order valence-corrected chi connectivity index (χ1v) is 5.01. The van der Waals surface area contributed by atoms with Gasteiger partial charge in [0.25, 0.3) is 0 Å². The summed E-state index contributed by atoms with van der Waals surface area (Å²) in [5, 5.41) is 9.93. The minimum Gasteiger partial charge on any atom is -0.465 e. The van der Waals surface area contributed by atoms with Crippen LogP contribution in [0.25, 0.3) is 11.0 Å². The zero-order chi connectivity index (χ0) is 12.0. The number of para-hydroxylation sites is 2. The lowest BCUT2D eigenvalue weighted by molar-refractivity contribution is 0.195. The number of nitrogens with zero attached hydrogens (tertiary/aromatic N) is 1. The van der Waals surface area contributed by atoms with Crippen molar-refractivity contribution in [2.24, 2.45) is 0 Å². The Kier molecular flexibility index (Phi) is 4.32. The molecular weight excluding hydrogens is 206 g/mol. The molecule has 5 nitrogen and oxygen atoms in total. The summed E-state index contributed by atoms with van der Waals surface area (Å²) in [5.41, 5.74) is 2.15. The lowest BCUT2D eigenvalue weighted by atomic mass is 10.3. The summed E-state index contributed by atoms with van der Waals surface area (Å²) >= 11 is 0. The summed E-state index contributed by atoms with van der Waals surface area (Å²) in [6.45, 7) is 4.17. The highest BCUT2D eigenvalue weighted by molar-refractivity contribution is 5.74. The van der Waals surface area contributed by atoms with Gasteiger partial charge in [-0.15, -0.1) is 0 Å². The number of H-pyrrole nitrogens is 1. The Hall–Kier alpha value is -2.04. The number of fused-ring (bicyclic) bond motifs is 1. The Morgan fingerprint density at radius 3 is 2.69 bits per heavy atom. The third kappa shape index (κ3) is 3.61. The Balaban J connectivity index is 0.000000187. The maximum absolute atomic E-state index is 9.49. The number of carbonyl (C=O) groups is 1. The maximum Gasteiger partial charge on any atom is 0.404 e. The van der Waals surface area contributed by atoms with Gasteiger partial charge in [0.1, 0.15) is 5.82 Å². The Bertz CT molecular complexity index is 432. The quantitative estimate of drug-likeness (QED) is 0.690. The van der Waals surface area contributed by atoms with Gasteiger partial charge in [0.05, 0.1) is 11.0 Å². The molecule has 16 heavy (non-hydrogen) atoms. The molecule has 0 aliphatic carbocycles. The van der Waals surface area contributed by atoms with Crippen molar-refractivity contribution in [3.8, 4) is 0 Å². The average Bonchev–Trinajstić information content (AvgIpc) is 2.58. The molecule has 0 saturated heterocycles. The summed E-state index contributed by atoms with van der Waals surface area (Å²) in [6.07, 6.45) is -0.961. The summed E-state index contributed by atoms with van der Waals surface area (Å²) in [7, 11) is 0. The van der Waals surface area contributed by atoms with Gasteiger partial charge in [-0.25, -0.2) is 9.78 Å². The molecule has 0 aliphatic heterocycles. The predicted molar refractivity (Wildman–Crippen MR) is 62.5 cm³/mol. The normalized spacial score (nSPS) is 9.38. The van der Waals surface area contributed by atoms with Gasteiger partial charge < -0.3 is 15.4 Å². The number of aryl methyl sites for hydroxylation is 1. The third-order valence-electron chi connectivity index (χ3n) is 1.84. The number of benzene rings is 1. The van der Waals surface area contributed by atoms with Crippen LogP contribution in [0.3, 0.4) is 0 Å². The topological polar surface area (TPSA) is 78.0 Å². The number of hydrogen-bond donors (Lipinski definition) is 3. The van der Waals surface area contributed by atoms with Crippen LogP contribution in [0.4, 0.5) is 4.79 Å². The minimum atomic E-state index is -0.961. The lowest BCUT2D eigenvalue weighted by Gasteiger charge is -1.87. The van der Waals surface area contributed by atoms with Crippen LogP contribution < -0.4 is 5.32 Å². The second-order valence-corrected chi connectivity index (χ2v) is 3.17. The summed E-state index contributed by atoms with van der Waals surface area (Å²) < 4.78 is 0. The third-order valence-corrected chi connectivity index (χ3v) is 1.84. The van der Waals surface area contributed by atoms with Gasteiger partial charge in [-0.2, -0.15) is 0 Å². The Morgan fingerprint density at radius 1 is 1.50 bits per heavy atom. The first-order valence-electron chi connectivity index (χ1n) is 5.01. The number of aromatic nitrogens is 2. The van der Waals surface area contributed by atoms with Crippen molar-refractivity contribution in [1.29, 1.82) is 0 Å². The van der Waals surface area contributed by atoms with Crippen LogP contribution in [0.5, 0.6) is 0 Å². The van der Waals surface area contributed by atoms with E-state index in [4.69, 9.17) is 5.11 Å². The number of nitrogens with one attached hydrogen (secondary N) is 2. The standard InChI is InChI=1S/C8H8N2.C3H7NO2/c1-6-9-7-4-2-3-5-8(7)10-6;1-2-4-3(5)6/h2-5H,1H3,(H,9,10);4H,2H2,1H3,(H,5,6). The van der Waals surface area contributed by atoms with Gasteiger partial charge in [-0.3, -0.25) is 0 Å². The Morgan fingerprint density at radius 2 is 2.19 bits per heavy atom. The van der Waals surface area contributed by atoms with Gasteiger partial charge >= 0.3 is 6.09 Å². The number of carboxylic acid groups (broad SMARTS) is 1. The van der Waals surface area contributed by atoms with Crippen LogP contribution in [0, 0.1) is 6.92 Å². The highest BCUT2D eigenvalue weighted by Crippen LogP contribution is 2.08. The van der Waals surface area contributed by atoms with E-state index < -0.39 is 6.09 Å². The fourth-order valence-corrected chi connectivity index (χ4v) is 1.23. The van der Waals surface area contributed by atoms with E-state index in [0.29, 0.717) is 6.54 Å². The number of imidazole rings is 1. The molecular formula is C11H15N3O2. The Labute approximate surface area is 93.5 Å². The van der Waals surface area contributed by atoms with Crippen molar-refractivity contribution in [2.75, 3.05) is 6.54 Å². The van der Waals surface area contributed by atoms with Gasteiger partial charge in [-0.05, 0) is 26.0 Å². The van der Waals surface area contributed by atoms with Crippen molar-refractivity contribution < 1.29 is 9.90 Å². The molecule has 5 heteroatoms. The molecule has 0 unspecified atom stereocenters. The summed E-state index contributed by atoms with van der Waals surface area (Å²) in [5.74, 6) is 0.973. The molecule has 1 amide bonds. The molecule has 2 rings (SSSR count). The van der Waals surface area contributed by atoms with Crippen molar-refractivity contribution in [2.45, 2.75) is 13.8 Å². The largest absolute Gasteiger partial charge is 0.465 e. The van der Waals surface area contributed by atoms with Crippen molar-refractivity contribution in [3.63, 3.8) is 0 Å². The van der Waals surface area contributed by atoms with Crippen LogP contribution in [0.15, 0.2) is 24.3 Å². The number of hydrogen-bond acceptors (Lipinski definition) is 2. The zero-order valence-corrected chi connectivity index (χ0v) is 9.32. The summed E-state index contributed by atoms with van der Waals surface area (Å²) in [4.78, 5) is 16.9. The van der Waals surface area contributed by atoms with Crippen LogP contribution in [0.1, 0.15) is 12.7 Å². The number of rotatable bonds is 1. The lowest BCUT2D eigenvalue weighted by Crippen LogP contribution is -2.19. The van der Waals surface area contributed by atoms with Gasteiger partial charge in [0, 0.05) is 6.54 Å². The second-order valence-electron chi connectivity index (χ2n) is 3.17. The fourth-order valence-electron chi connectivity index (χ4n) is 1.23. The predicted octanol–water partition coefficient (Wildman–Crippen LogP) is 2.15. The molecule has 86 valence electrons. The monoisotopic (exact) mass is 221 g/mol. The molecule has 1 aromatic heterocycles. The van der Waals surface area contributed by atoms with Crippen molar-refractivity contribution in [3.05, 3.63) is 30.1 Å². The van der Waals surface area contributed by atoms with Gasteiger partial charge in [-0.1, -0.05) is 12.1 Å². The molecule has 0 saturated carbocycles. The average molecular weight is 221 g/mol. The zero-order valence-electron chi connectivity index (χ0n) is 9.32. The number of aromatic amines is 1. The molecule has 0 bridgehead atoms. The van der Waals surface area contributed by atoms with E-state index >= 15 is 0 Å². The highest BCUT2D eigenvalue weighted by atomic mass is 16.4. The molecule has 0 aliphatic rings. The molecule has 0 fully saturated rings. The van der Waals surface area contributed by atoms with Crippen LogP contribution in [-0.2, 0) is 0 Å². The smallest absolute Gasteiger partial charge is 0.404 e. The van der Waals surface area contributed by atoms with Gasteiger partial charge in [0.2, 0.25) is 0 Å². The van der Waals surface area contributed by atoms with E-state index in [1.165, 1.54) is 0 Å². The molecule has 1 heterocycles. The minimum absolute atomic E-state index is 0.481. The molecule has 3 N–H and O–H groups in total. The maximum atomic E-state index is 9.49. The molecule has 0 atom stereocenters. The van der Waals surface area contributed by atoms with Crippen molar-refractivity contribution >= 4 is 17.1 Å². The van der Waals surface area contributed by atoms with E-state index in [-0.39, 0.29) is 0 Å².